The molecule has 0 aromatic rings. The first-order valence-corrected chi connectivity index (χ1v) is 5.55. The third-order valence-corrected chi connectivity index (χ3v) is 2.30. The molecule has 3 nitrogen and oxygen atoms in total. The zero-order valence-corrected chi connectivity index (χ0v) is 9.18. The van der Waals surface area contributed by atoms with Crippen molar-refractivity contribution in [2.45, 2.75) is 31.5 Å². The van der Waals surface area contributed by atoms with Gasteiger partial charge in [-0.15, -0.1) is 0 Å². The predicted octanol–water partition coefficient (Wildman–Crippen LogP) is 1.72. The van der Waals surface area contributed by atoms with E-state index in [9.17, 15) is 13.2 Å². The topological polar surface area (TPSA) is 30.5 Å². The van der Waals surface area contributed by atoms with Crippen molar-refractivity contribution in [1.29, 1.82) is 0 Å². The second kappa shape index (κ2) is 7.09. The maximum atomic E-state index is 11.7. The molecule has 1 rings (SSSR count). The molecule has 0 aromatic carbocycles. The SMILES string of the molecule is FC(F)(F)COCCCO[C@H]1CCCNC1. The minimum Gasteiger partial charge on any atom is -0.377 e. The van der Waals surface area contributed by atoms with E-state index in [4.69, 9.17) is 4.74 Å². The number of ether oxygens (including phenoxy) is 2. The zero-order valence-electron chi connectivity index (χ0n) is 9.18. The second-order valence-corrected chi connectivity index (χ2v) is 3.86. The van der Waals surface area contributed by atoms with E-state index in [1.54, 1.807) is 0 Å². The Hall–Kier alpha value is -0.330. The molecule has 0 aliphatic carbocycles. The molecule has 1 saturated heterocycles. The third kappa shape index (κ3) is 7.03. The summed E-state index contributed by atoms with van der Waals surface area (Å²) in [6.07, 6.45) is -1.40. The highest BCUT2D eigenvalue weighted by atomic mass is 19.4. The first-order chi connectivity index (χ1) is 7.58. The van der Waals surface area contributed by atoms with Crippen LogP contribution in [-0.2, 0) is 9.47 Å². The number of halogens is 3. The highest BCUT2D eigenvalue weighted by molar-refractivity contribution is 4.68. The first kappa shape index (κ1) is 13.7. The van der Waals surface area contributed by atoms with Crippen molar-refractivity contribution in [3.63, 3.8) is 0 Å². The summed E-state index contributed by atoms with van der Waals surface area (Å²) in [7, 11) is 0. The average Bonchev–Trinajstić information content (AvgIpc) is 2.23. The third-order valence-electron chi connectivity index (χ3n) is 2.30. The Morgan fingerprint density at radius 3 is 2.69 bits per heavy atom. The van der Waals surface area contributed by atoms with Crippen LogP contribution in [0, 0.1) is 0 Å². The van der Waals surface area contributed by atoms with E-state index < -0.39 is 12.8 Å². The van der Waals surface area contributed by atoms with Crippen molar-refractivity contribution in [2.24, 2.45) is 0 Å². The number of hydrogen-bond acceptors (Lipinski definition) is 3. The summed E-state index contributed by atoms with van der Waals surface area (Å²) in [5.74, 6) is 0. The van der Waals surface area contributed by atoms with Gasteiger partial charge in [0.2, 0.25) is 0 Å². The Balaban J connectivity index is 1.87. The van der Waals surface area contributed by atoms with Gasteiger partial charge in [0.25, 0.3) is 0 Å². The highest BCUT2D eigenvalue weighted by Gasteiger charge is 2.27. The first-order valence-electron chi connectivity index (χ1n) is 5.55. The maximum absolute atomic E-state index is 11.7. The lowest BCUT2D eigenvalue weighted by atomic mass is 10.1. The molecule has 0 saturated carbocycles. The molecule has 0 amide bonds. The summed E-state index contributed by atoms with van der Waals surface area (Å²) in [5, 5.41) is 3.20. The van der Waals surface area contributed by atoms with E-state index in [1.165, 1.54) is 0 Å². The molecule has 0 aromatic heterocycles. The van der Waals surface area contributed by atoms with Crippen LogP contribution in [0.15, 0.2) is 0 Å². The lowest BCUT2D eigenvalue weighted by Crippen LogP contribution is -2.35. The summed E-state index contributed by atoms with van der Waals surface area (Å²) in [5.41, 5.74) is 0. The van der Waals surface area contributed by atoms with Crippen LogP contribution in [0.5, 0.6) is 0 Å². The standard InChI is InChI=1S/C10H18F3NO2/c11-10(12,13)8-15-5-2-6-16-9-3-1-4-14-7-9/h9,14H,1-8H2/t9-/m0/s1. The van der Waals surface area contributed by atoms with Gasteiger partial charge >= 0.3 is 6.18 Å². The van der Waals surface area contributed by atoms with Crippen LogP contribution in [0.4, 0.5) is 13.2 Å². The highest BCUT2D eigenvalue weighted by Crippen LogP contribution is 2.14. The fourth-order valence-electron chi connectivity index (χ4n) is 1.56. The van der Waals surface area contributed by atoms with Gasteiger partial charge in [-0.25, -0.2) is 0 Å². The molecule has 0 radical (unpaired) electrons. The smallest absolute Gasteiger partial charge is 0.377 e. The normalized spacial score (nSPS) is 22.3. The Labute approximate surface area is 93.3 Å². The van der Waals surface area contributed by atoms with Crippen molar-refractivity contribution in [3.8, 4) is 0 Å². The Morgan fingerprint density at radius 2 is 2.06 bits per heavy atom. The van der Waals surface area contributed by atoms with Gasteiger partial charge in [0, 0.05) is 19.8 Å². The van der Waals surface area contributed by atoms with E-state index >= 15 is 0 Å². The van der Waals surface area contributed by atoms with Gasteiger partial charge in [-0.05, 0) is 25.8 Å². The average molecular weight is 241 g/mol. The summed E-state index contributed by atoms with van der Waals surface area (Å²) < 4.78 is 45.0. The van der Waals surface area contributed by atoms with Crippen LogP contribution in [0.1, 0.15) is 19.3 Å². The van der Waals surface area contributed by atoms with E-state index in [0.29, 0.717) is 13.0 Å². The maximum Gasteiger partial charge on any atom is 0.411 e. The summed E-state index contributed by atoms with van der Waals surface area (Å²) >= 11 is 0. The Morgan fingerprint density at radius 1 is 1.25 bits per heavy atom. The fraction of sp³-hybridized carbons (Fsp3) is 1.00. The van der Waals surface area contributed by atoms with Crippen molar-refractivity contribution < 1.29 is 22.6 Å². The molecule has 6 heteroatoms. The number of piperidine rings is 1. The minimum atomic E-state index is -4.23. The van der Waals surface area contributed by atoms with Gasteiger partial charge in [-0.3, -0.25) is 0 Å². The zero-order chi connectivity index (χ0) is 11.9. The van der Waals surface area contributed by atoms with Crippen LogP contribution in [0.3, 0.4) is 0 Å². The summed E-state index contributed by atoms with van der Waals surface area (Å²) in [6.45, 7) is 1.25. The molecule has 1 N–H and O–H groups in total. The Bertz CT molecular complexity index is 181. The van der Waals surface area contributed by atoms with Crippen molar-refractivity contribution in [3.05, 3.63) is 0 Å². The number of hydrogen-bond donors (Lipinski definition) is 1. The monoisotopic (exact) mass is 241 g/mol. The fourth-order valence-corrected chi connectivity index (χ4v) is 1.56. The predicted molar refractivity (Wildman–Crippen MR) is 53.3 cm³/mol. The number of rotatable bonds is 6. The lowest BCUT2D eigenvalue weighted by molar-refractivity contribution is -0.174. The van der Waals surface area contributed by atoms with Crippen LogP contribution < -0.4 is 5.32 Å². The van der Waals surface area contributed by atoms with Crippen molar-refractivity contribution in [1.82, 2.24) is 5.32 Å². The van der Waals surface area contributed by atoms with E-state index in [0.717, 1.165) is 25.9 Å². The minimum absolute atomic E-state index is 0.0969. The molecule has 0 unspecified atom stereocenters. The largest absolute Gasteiger partial charge is 0.411 e. The lowest BCUT2D eigenvalue weighted by Gasteiger charge is -2.23. The molecular formula is C10H18F3NO2. The molecule has 1 heterocycles. The van der Waals surface area contributed by atoms with Crippen LogP contribution in [0.2, 0.25) is 0 Å². The van der Waals surface area contributed by atoms with Gasteiger partial charge in [0.1, 0.15) is 6.61 Å². The molecular weight excluding hydrogens is 223 g/mol. The number of alkyl halides is 3. The van der Waals surface area contributed by atoms with Gasteiger partial charge in [-0.2, -0.15) is 13.2 Å². The molecule has 1 fully saturated rings. The second-order valence-electron chi connectivity index (χ2n) is 3.86. The van der Waals surface area contributed by atoms with Crippen molar-refractivity contribution >= 4 is 0 Å². The van der Waals surface area contributed by atoms with E-state index in [1.807, 2.05) is 0 Å². The molecule has 0 bridgehead atoms. The Kier molecular flexibility index (Phi) is 6.08. The molecule has 1 aliphatic rings. The van der Waals surface area contributed by atoms with Crippen LogP contribution in [0.25, 0.3) is 0 Å². The van der Waals surface area contributed by atoms with Crippen LogP contribution in [-0.4, -0.2) is 45.2 Å². The molecule has 0 spiro atoms. The van der Waals surface area contributed by atoms with E-state index in [2.05, 4.69) is 10.1 Å². The van der Waals surface area contributed by atoms with Gasteiger partial charge in [-0.1, -0.05) is 0 Å². The summed E-state index contributed by atoms with van der Waals surface area (Å²) in [6, 6.07) is 0. The van der Waals surface area contributed by atoms with Gasteiger partial charge in [0.05, 0.1) is 6.10 Å². The molecule has 1 aliphatic heterocycles. The molecule has 96 valence electrons. The van der Waals surface area contributed by atoms with Crippen molar-refractivity contribution in [2.75, 3.05) is 32.9 Å². The quantitative estimate of drug-likeness (QED) is 0.718. The van der Waals surface area contributed by atoms with Gasteiger partial charge in [0.15, 0.2) is 0 Å². The molecule has 16 heavy (non-hydrogen) atoms. The molecule has 1 atom stereocenters. The van der Waals surface area contributed by atoms with E-state index in [-0.39, 0.29) is 12.7 Å². The summed E-state index contributed by atoms with van der Waals surface area (Å²) in [4.78, 5) is 0. The van der Waals surface area contributed by atoms with Crippen LogP contribution >= 0.6 is 0 Å². The van der Waals surface area contributed by atoms with Gasteiger partial charge < -0.3 is 14.8 Å². The number of nitrogens with one attached hydrogen (secondary N) is 1.